The second kappa shape index (κ2) is 8.44. The second-order valence-corrected chi connectivity index (χ2v) is 7.43. The van der Waals surface area contributed by atoms with Gasteiger partial charge in [0.2, 0.25) is 0 Å². The number of benzene rings is 3. The van der Waals surface area contributed by atoms with Gasteiger partial charge in [0.15, 0.2) is 0 Å². The number of rotatable bonds is 5. The van der Waals surface area contributed by atoms with Crippen molar-refractivity contribution in [3.05, 3.63) is 89.4 Å². The van der Waals surface area contributed by atoms with Crippen LogP contribution < -0.4 is 5.43 Å². The van der Waals surface area contributed by atoms with Gasteiger partial charge in [-0.15, -0.1) is 0 Å². The van der Waals surface area contributed by atoms with E-state index >= 15 is 0 Å². The number of aryl methyl sites for hydroxylation is 1. The van der Waals surface area contributed by atoms with Gasteiger partial charge in [-0.3, -0.25) is 4.79 Å². The summed E-state index contributed by atoms with van der Waals surface area (Å²) in [6, 6.07) is 18.4. The molecule has 0 aliphatic rings. The lowest BCUT2D eigenvalue weighted by molar-refractivity contribution is 0.0954. The van der Waals surface area contributed by atoms with Gasteiger partial charge in [-0.25, -0.2) is 9.82 Å². The van der Waals surface area contributed by atoms with Crippen LogP contribution in [0.3, 0.4) is 0 Å². The summed E-state index contributed by atoms with van der Waals surface area (Å²) in [6.45, 7) is 3.70. The molecule has 0 fully saturated rings. The molecule has 4 aromatic rings. The molecule has 0 aliphatic carbocycles. The first-order valence-corrected chi connectivity index (χ1v) is 9.80. The number of furan rings is 1. The maximum Gasteiger partial charge on any atom is 0.271 e. The van der Waals surface area contributed by atoms with Gasteiger partial charge < -0.3 is 9.52 Å². The van der Waals surface area contributed by atoms with Gasteiger partial charge in [0.05, 0.1) is 0 Å². The summed E-state index contributed by atoms with van der Waals surface area (Å²) in [6.07, 6.45) is 0.490. The predicted molar refractivity (Wildman–Crippen MR) is 119 cm³/mol. The van der Waals surface area contributed by atoms with Crippen molar-refractivity contribution in [1.82, 2.24) is 5.43 Å². The number of phenols is 1. The van der Waals surface area contributed by atoms with E-state index in [0.29, 0.717) is 23.3 Å². The molecule has 2 N–H and O–H groups in total. The summed E-state index contributed by atoms with van der Waals surface area (Å²) in [5.41, 5.74) is 6.83. The largest absolute Gasteiger partial charge is 0.507 e. The highest BCUT2D eigenvalue weighted by Crippen LogP contribution is 2.33. The lowest BCUT2D eigenvalue weighted by Crippen LogP contribution is -2.19. The van der Waals surface area contributed by atoms with Gasteiger partial charge in [-0.2, -0.15) is 5.10 Å². The van der Waals surface area contributed by atoms with Gasteiger partial charge in [0.25, 0.3) is 5.91 Å². The monoisotopic (exact) mass is 416 g/mol. The fourth-order valence-electron chi connectivity index (χ4n) is 3.41. The van der Waals surface area contributed by atoms with Crippen molar-refractivity contribution >= 4 is 22.6 Å². The average Bonchev–Trinajstić information content (AvgIpc) is 3.13. The highest BCUT2D eigenvalue weighted by molar-refractivity contribution is 5.95. The van der Waals surface area contributed by atoms with E-state index in [1.807, 2.05) is 43.3 Å². The number of carbonyl (C=O) groups excluding carboxylic acids is 1. The normalized spacial score (nSPS) is 11.6. The molecule has 0 atom stereocenters. The van der Waals surface area contributed by atoms with E-state index in [-0.39, 0.29) is 5.75 Å². The van der Waals surface area contributed by atoms with E-state index < -0.39 is 11.7 Å². The Balaban J connectivity index is 1.51. The fraction of sp³-hybridized carbons (Fsp3) is 0.120. The Hall–Kier alpha value is -3.93. The Morgan fingerprint density at radius 3 is 2.61 bits per heavy atom. The number of phenolic OH excluding ortho intramolecular Hbond substituents is 1. The van der Waals surface area contributed by atoms with Crippen molar-refractivity contribution in [2.24, 2.45) is 5.10 Å². The van der Waals surface area contributed by atoms with Crippen LogP contribution in [-0.4, -0.2) is 16.7 Å². The van der Waals surface area contributed by atoms with Crippen LogP contribution in [0.2, 0.25) is 0 Å². The molecule has 4 rings (SSSR count). The second-order valence-electron chi connectivity index (χ2n) is 7.43. The number of hydrogen-bond acceptors (Lipinski definition) is 4. The number of amides is 1. The quantitative estimate of drug-likeness (QED) is 0.328. The Bertz CT molecular complexity index is 1290. The van der Waals surface area contributed by atoms with E-state index in [9.17, 15) is 14.3 Å². The smallest absolute Gasteiger partial charge is 0.271 e. The van der Waals surface area contributed by atoms with Crippen LogP contribution in [0.15, 0.2) is 76.2 Å². The molecular weight excluding hydrogens is 395 g/mol. The van der Waals surface area contributed by atoms with Crippen molar-refractivity contribution in [1.29, 1.82) is 0 Å². The zero-order valence-corrected chi connectivity index (χ0v) is 17.1. The zero-order valence-electron chi connectivity index (χ0n) is 17.1. The third-order valence-corrected chi connectivity index (χ3v) is 4.93. The Labute approximate surface area is 178 Å². The van der Waals surface area contributed by atoms with E-state index in [2.05, 4.69) is 10.5 Å². The number of fused-ring (bicyclic) bond motifs is 1. The topological polar surface area (TPSA) is 74.8 Å². The molecule has 0 saturated heterocycles. The van der Waals surface area contributed by atoms with Gasteiger partial charge in [0.1, 0.15) is 22.9 Å². The molecule has 1 amide bonds. The molecule has 0 saturated carbocycles. The summed E-state index contributed by atoms with van der Waals surface area (Å²) >= 11 is 0. The van der Waals surface area contributed by atoms with Gasteiger partial charge in [-0.1, -0.05) is 12.1 Å². The molecular formula is C25H21FN2O3. The number of nitrogens with zero attached hydrogens (tertiary/aromatic N) is 1. The van der Waals surface area contributed by atoms with E-state index in [1.54, 1.807) is 13.0 Å². The number of aromatic hydroxyl groups is 1. The van der Waals surface area contributed by atoms with Crippen LogP contribution in [-0.2, 0) is 6.42 Å². The first-order chi connectivity index (χ1) is 14.9. The number of hydrazone groups is 1. The van der Waals surface area contributed by atoms with Crippen LogP contribution in [0, 0.1) is 12.7 Å². The van der Waals surface area contributed by atoms with Crippen LogP contribution in [0.25, 0.3) is 22.1 Å². The predicted octanol–water partition coefficient (Wildman–Crippen LogP) is 5.60. The van der Waals surface area contributed by atoms with E-state index in [0.717, 1.165) is 27.9 Å². The molecule has 1 aromatic heterocycles. The Morgan fingerprint density at radius 2 is 1.84 bits per heavy atom. The molecule has 1 heterocycles. The van der Waals surface area contributed by atoms with Crippen molar-refractivity contribution in [3.8, 4) is 16.9 Å². The molecule has 0 radical (unpaired) electrons. The summed E-state index contributed by atoms with van der Waals surface area (Å²) < 4.78 is 18.6. The zero-order chi connectivity index (χ0) is 22.0. The highest BCUT2D eigenvalue weighted by Gasteiger charge is 2.10. The molecule has 0 bridgehead atoms. The molecule has 0 aliphatic heterocycles. The SMILES string of the molecule is CC(Cc1ccc(O)c(-c2ccc3oc(C)cc3c2)c1)=NNC(=O)c1ccc(F)cc1. The number of halogens is 1. The van der Waals surface area contributed by atoms with Crippen molar-refractivity contribution in [2.75, 3.05) is 0 Å². The molecule has 5 nitrogen and oxygen atoms in total. The van der Waals surface area contributed by atoms with Gasteiger partial charge in [-0.05, 0) is 79.6 Å². The third-order valence-electron chi connectivity index (χ3n) is 4.93. The Kier molecular flexibility index (Phi) is 5.54. The van der Waals surface area contributed by atoms with Crippen LogP contribution >= 0.6 is 0 Å². The molecule has 6 heteroatoms. The fourth-order valence-corrected chi connectivity index (χ4v) is 3.41. The summed E-state index contributed by atoms with van der Waals surface area (Å²) in [4.78, 5) is 12.1. The number of carbonyl (C=O) groups is 1. The maximum absolute atomic E-state index is 13.0. The minimum Gasteiger partial charge on any atom is -0.507 e. The van der Waals surface area contributed by atoms with E-state index in [1.165, 1.54) is 24.3 Å². The first kappa shape index (κ1) is 20.3. The van der Waals surface area contributed by atoms with Gasteiger partial charge >= 0.3 is 0 Å². The van der Waals surface area contributed by atoms with Crippen LogP contribution in [0.5, 0.6) is 5.75 Å². The summed E-state index contributed by atoms with van der Waals surface area (Å²) in [5.74, 6) is 0.207. The maximum atomic E-state index is 13.0. The first-order valence-electron chi connectivity index (χ1n) is 9.80. The summed E-state index contributed by atoms with van der Waals surface area (Å²) in [7, 11) is 0. The van der Waals surface area contributed by atoms with Crippen LogP contribution in [0.4, 0.5) is 4.39 Å². The van der Waals surface area contributed by atoms with Crippen molar-refractivity contribution < 1.29 is 18.7 Å². The highest BCUT2D eigenvalue weighted by atomic mass is 19.1. The average molecular weight is 416 g/mol. The lowest BCUT2D eigenvalue weighted by atomic mass is 9.99. The van der Waals surface area contributed by atoms with E-state index in [4.69, 9.17) is 4.42 Å². The van der Waals surface area contributed by atoms with Gasteiger partial charge in [0, 0.05) is 28.6 Å². The number of hydrogen-bond donors (Lipinski definition) is 2. The molecule has 0 spiro atoms. The standard InChI is InChI=1S/C25H21FN2O3/c1-15(27-28-25(30)18-4-7-21(26)8-5-18)11-17-3-9-23(29)22(13-17)19-6-10-24-20(14-19)12-16(2)31-24/h3-10,12-14,29H,11H2,1-2H3,(H,28,30). The minimum atomic E-state index is -0.408. The van der Waals surface area contributed by atoms with Crippen molar-refractivity contribution in [3.63, 3.8) is 0 Å². The third kappa shape index (κ3) is 4.64. The molecule has 0 unspecified atom stereocenters. The van der Waals surface area contributed by atoms with Crippen LogP contribution in [0.1, 0.15) is 28.6 Å². The molecule has 31 heavy (non-hydrogen) atoms. The minimum absolute atomic E-state index is 0.183. The van der Waals surface area contributed by atoms with Crippen molar-refractivity contribution in [2.45, 2.75) is 20.3 Å². The molecule has 156 valence electrons. The lowest BCUT2D eigenvalue weighted by Gasteiger charge is -2.09. The Morgan fingerprint density at radius 1 is 1.06 bits per heavy atom. The molecule has 3 aromatic carbocycles. The summed E-state index contributed by atoms with van der Waals surface area (Å²) in [5, 5.41) is 15.5. The number of nitrogens with one attached hydrogen (secondary N) is 1.